The molecule has 9 heteroatoms. The zero-order valence-electron chi connectivity index (χ0n) is 16.4. The van der Waals surface area contributed by atoms with Crippen LogP contribution in [0.25, 0.3) is 0 Å². The molecule has 0 bridgehead atoms. The molecular weight excluding hydrogens is 428 g/mol. The molecule has 158 valence electrons. The average molecular weight is 455 g/mol. The Labute approximate surface area is 180 Å². The molecule has 0 aliphatic carbocycles. The number of amides is 1. The summed E-state index contributed by atoms with van der Waals surface area (Å²) in [7, 11) is -3.67. The molecule has 1 fully saturated rings. The molecule has 3 rings (SSSR count). The molecule has 29 heavy (non-hydrogen) atoms. The van der Waals surface area contributed by atoms with Crippen LogP contribution < -0.4 is 10.1 Å². The van der Waals surface area contributed by atoms with Gasteiger partial charge < -0.3 is 10.1 Å². The quantitative estimate of drug-likeness (QED) is 0.615. The summed E-state index contributed by atoms with van der Waals surface area (Å²) in [5.41, 5.74) is 0.464. The largest absolute Gasteiger partial charge is 0.492 e. The van der Waals surface area contributed by atoms with E-state index in [0.717, 1.165) is 25.0 Å². The summed E-state index contributed by atoms with van der Waals surface area (Å²) in [5, 5.41) is 4.83. The van der Waals surface area contributed by atoms with Gasteiger partial charge in [0.1, 0.15) is 10.6 Å². The van der Waals surface area contributed by atoms with E-state index in [1.807, 2.05) is 24.4 Å². The van der Waals surface area contributed by atoms with E-state index >= 15 is 0 Å². The average Bonchev–Trinajstić information content (AvgIpc) is 3.23. The summed E-state index contributed by atoms with van der Waals surface area (Å²) in [5.74, 6) is 1.25. The van der Waals surface area contributed by atoms with Gasteiger partial charge in [-0.25, -0.2) is 8.42 Å². The van der Waals surface area contributed by atoms with Gasteiger partial charge in [0.15, 0.2) is 0 Å². The third-order valence-corrected chi connectivity index (χ3v) is 8.48. The van der Waals surface area contributed by atoms with Crippen molar-refractivity contribution in [3.05, 3.63) is 40.6 Å². The number of rotatable bonds is 9. The van der Waals surface area contributed by atoms with Crippen LogP contribution in [-0.2, 0) is 20.6 Å². The molecule has 1 amide bonds. The maximum atomic E-state index is 13.2. The van der Waals surface area contributed by atoms with Crippen LogP contribution in [0.4, 0.5) is 5.69 Å². The highest BCUT2D eigenvalue weighted by molar-refractivity contribution is 7.99. The predicted molar refractivity (Wildman–Crippen MR) is 119 cm³/mol. The lowest BCUT2D eigenvalue weighted by atomic mass is 10.2. The molecule has 1 aliphatic rings. The van der Waals surface area contributed by atoms with Crippen LogP contribution in [0.3, 0.4) is 0 Å². The first-order valence-electron chi connectivity index (χ1n) is 9.67. The lowest BCUT2D eigenvalue weighted by Gasteiger charge is -2.27. The Balaban J connectivity index is 1.71. The number of carbonyl (C=O) groups is 1. The first kappa shape index (κ1) is 22.1. The smallest absolute Gasteiger partial charge is 0.246 e. The van der Waals surface area contributed by atoms with E-state index in [-0.39, 0.29) is 10.8 Å². The zero-order chi connectivity index (χ0) is 20.7. The van der Waals surface area contributed by atoms with Gasteiger partial charge in [0.05, 0.1) is 12.4 Å². The number of hydrogen-bond acceptors (Lipinski definition) is 6. The van der Waals surface area contributed by atoms with Crippen molar-refractivity contribution in [1.82, 2.24) is 4.31 Å². The van der Waals surface area contributed by atoms with Crippen molar-refractivity contribution in [2.24, 2.45) is 0 Å². The third kappa shape index (κ3) is 5.97. The fourth-order valence-corrected chi connectivity index (χ4v) is 6.49. The predicted octanol–water partition coefficient (Wildman–Crippen LogP) is 4.19. The Morgan fingerprint density at radius 3 is 2.72 bits per heavy atom. The molecule has 1 aromatic carbocycles. The molecule has 0 radical (unpaired) electrons. The molecule has 2 heterocycles. The van der Waals surface area contributed by atoms with E-state index in [9.17, 15) is 13.2 Å². The summed E-state index contributed by atoms with van der Waals surface area (Å²) in [6, 6.07) is 8.85. The highest BCUT2D eigenvalue weighted by Gasteiger charge is 2.29. The summed E-state index contributed by atoms with van der Waals surface area (Å²) in [6.45, 7) is 3.22. The number of carbonyl (C=O) groups excluding carboxylic acids is 1. The topological polar surface area (TPSA) is 75.7 Å². The van der Waals surface area contributed by atoms with Crippen LogP contribution in [0.5, 0.6) is 5.75 Å². The number of nitrogens with zero attached hydrogens (tertiary/aromatic N) is 1. The lowest BCUT2D eigenvalue weighted by Crippen LogP contribution is -2.35. The minimum atomic E-state index is -3.67. The molecular formula is C20H26N2O4S3. The van der Waals surface area contributed by atoms with Gasteiger partial charge >= 0.3 is 0 Å². The van der Waals surface area contributed by atoms with Gasteiger partial charge in [0, 0.05) is 29.4 Å². The normalized spacial score (nSPS) is 15.2. The first-order valence-corrected chi connectivity index (χ1v) is 13.1. The van der Waals surface area contributed by atoms with Crippen molar-refractivity contribution in [2.45, 2.75) is 36.8 Å². The number of thioether (sulfide) groups is 1. The van der Waals surface area contributed by atoms with Crippen LogP contribution in [0, 0.1) is 0 Å². The Kier molecular flexibility index (Phi) is 7.99. The third-order valence-electron chi connectivity index (χ3n) is 4.52. The van der Waals surface area contributed by atoms with Gasteiger partial charge in [-0.3, -0.25) is 4.79 Å². The van der Waals surface area contributed by atoms with E-state index < -0.39 is 10.0 Å². The van der Waals surface area contributed by atoms with Crippen LogP contribution >= 0.6 is 23.1 Å². The van der Waals surface area contributed by atoms with Crippen LogP contribution in [-0.4, -0.2) is 44.1 Å². The molecule has 0 spiro atoms. The van der Waals surface area contributed by atoms with Crippen molar-refractivity contribution in [3.63, 3.8) is 0 Å². The molecule has 2 aromatic rings. The number of thiophene rings is 1. The summed E-state index contributed by atoms with van der Waals surface area (Å²) in [4.78, 5) is 13.6. The molecule has 6 nitrogen and oxygen atoms in total. The van der Waals surface area contributed by atoms with E-state index in [1.54, 1.807) is 23.5 Å². The molecule has 1 aromatic heterocycles. The Morgan fingerprint density at radius 1 is 1.24 bits per heavy atom. The summed E-state index contributed by atoms with van der Waals surface area (Å²) in [6.07, 6.45) is 2.77. The fourth-order valence-electron chi connectivity index (χ4n) is 3.14. The number of sulfonamides is 1. The fraction of sp³-hybridized carbons (Fsp3) is 0.450. The molecule has 1 N–H and O–H groups in total. The summed E-state index contributed by atoms with van der Waals surface area (Å²) < 4.78 is 33.4. The lowest BCUT2D eigenvalue weighted by molar-refractivity contribution is -0.113. The van der Waals surface area contributed by atoms with Crippen molar-refractivity contribution >= 4 is 44.7 Å². The van der Waals surface area contributed by atoms with Gasteiger partial charge in [-0.05, 0) is 49.4 Å². The van der Waals surface area contributed by atoms with Crippen molar-refractivity contribution in [3.8, 4) is 5.75 Å². The Hall–Kier alpha value is -1.55. The Morgan fingerprint density at radius 2 is 2.03 bits per heavy atom. The number of piperidine rings is 1. The number of anilines is 1. The minimum Gasteiger partial charge on any atom is -0.492 e. The van der Waals surface area contributed by atoms with Crippen molar-refractivity contribution in [1.29, 1.82) is 0 Å². The first-order chi connectivity index (χ1) is 14.0. The molecule has 0 saturated carbocycles. The highest BCUT2D eigenvalue weighted by atomic mass is 32.2. The van der Waals surface area contributed by atoms with Gasteiger partial charge in [-0.2, -0.15) is 4.31 Å². The van der Waals surface area contributed by atoms with Crippen LogP contribution in [0.1, 0.15) is 31.1 Å². The highest BCUT2D eigenvalue weighted by Crippen LogP contribution is 2.31. The zero-order valence-corrected chi connectivity index (χ0v) is 18.9. The molecule has 0 atom stereocenters. The molecule has 1 saturated heterocycles. The second-order valence-electron chi connectivity index (χ2n) is 6.68. The van der Waals surface area contributed by atoms with Crippen LogP contribution in [0.15, 0.2) is 40.6 Å². The Bertz CT molecular complexity index is 908. The number of nitrogens with one attached hydrogen (secondary N) is 1. The number of hydrogen-bond donors (Lipinski definition) is 1. The second kappa shape index (κ2) is 10.5. The van der Waals surface area contributed by atoms with Gasteiger partial charge in [0.25, 0.3) is 0 Å². The number of benzene rings is 1. The van der Waals surface area contributed by atoms with Gasteiger partial charge in [-0.1, -0.05) is 12.5 Å². The molecule has 0 unspecified atom stereocenters. The number of ether oxygens (including phenoxy) is 1. The SMILES string of the molecule is CCOc1ccc(NC(=O)CSCc2cccs2)cc1S(=O)(=O)N1CCCCC1. The second-order valence-corrected chi connectivity index (χ2v) is 10.6. The van der Waals surface area contributed by atoms with E-state index in [0.29, 0.717) is 36.9 Å². The van der Waals surface area contributed by atoms with E-state index in [1.165, 1.54) is 27.0 Å². The van der Waals surface area contributed by atoms with Gasteiger partial charge in [0.2, 0.25) is 15.9 Å². The standard InChI is InChI=1S/C20H26N2O4S3/c1-2-26-18-9-8-16(21-20(23)15-27-14-17-7-6-12-28-17)13-19(18)29(24,25)22-10-4-3-5-11-22/h6-9,12-13H,2-5,10-11,14-15H2,1H3,(H,21,23). The summed E-state index contributed by atoms with van der Waals surface area (Å²) >= 11 is 3.19. The maximum absolute atomic E-state index is 13.2. The van der Waals surface area contributed by atoms with Crippen LogP contribution in [0.2, 0.25) is 0 Å². The monoisotopic (exact) mass is 454 g/mol. The van der Waals surface area contributed by atoms with Crippen molar-refractivity contribution in [2.75, 3.05) is 30.8 Å². The van der Waals surface area contributed by atoms with Crippen molar-refractivity contribution < 1.29 is 17.9 Å². The van der Waals surface area contributed by atoms with E-state index in [4.69, 9.17) is 4.74 Å². The minimum absolute atomic E-state index is 0.116. The van der Waals surface area contributed by atoms with Gasteiger partial charge in [-0.15, -0.1) is 23.1 Å². The molecule has 1 aliphatic heterocycles. The van der Waals surface area contributed by atoms with E-state index in [2.05, 4.69) is 5.32 Å². The maximum Gasteiger partial charge on any atom is 0.246 e.